The second kappa shape index (κ2) is 7.72. The molecular formula is C22H33N3O3. The fourth-order valence-corrected chi connectivity index (χ4v) is 4.85. The highest BCUT2D eigenvalue weighted by atomic mass is 16.2. The normalized spacial score (nSPS) is 21.5. The van der Waals surface area contributed by atoms with Crippen molar-refractivity contribution in [2.45, 2.75) is 72.8 Å². The van der Waals surface area contributed by atoms with E-state index < -0.39 is 0 Å². The molecule has 0 saturated carbocycles. The number of piperidine rings is 1. The van der Waals surface area contributed by atoms with Gasteiger partial charge >= 0.3 is 0 Å². The number of carbonyl (C=O) groups is 3. The molecule has 2 heterocycles. The number of Topliss-reactive ketones (excluding diaryl/α,β-unsaturated/α-hetero) is 1. The van der Waals surface area contributed by atoms with Crippen molar-refractivity contribution in [1.29, 1.82) is 0 Å². The Hall–Kier alpha value is -2.11. The molecule has 6 nitrogen and oxygen atoms in total. The highest BCUT2D eigenvalue weighted by Crippen LogP contribution is 2.39. The van der Waals surface area contributed by atoms with Crippen molar-refractivity contribution in [2.75, 3.05) is 13.1 Å². The molecule has 0 spiro atoms. The molecular weight excluding hydrogens is 354 g/mol. The summed E-state index contributed by atoms with van der Waals surface area (Å²) in [4.78, 5) is 39.3. The molecule has 0 unspecified atom stereocenters. The molecule has 1 atom stereocenters. The zero-order valence-corrected chi connectivity index (χ0v) is 17.6. The van der Waals surface area contributed by atoms with E-state index in [-0.39, 0.29) is 35.4 Å². The van der Waals surface area contributed by atoms with Crippen LogP contribution in [0, 0.1) is 18.3 Å². The minimum atomic E-state index is -0.336. The number of nitrogens with two attached hydrogens (primary N) is 1. The first-order valence-corrected chi connectivity index (χ1v) is 10.5. The zero-order chi connectivity index (χ0) is 20.6. The van der Waals surface area contributed by atoms with Crippen LogP contribution in [0.5, 0.6) is 0 Å². The standard InChI is InChI=1S/C22H33N3O3/c1-5-8-25-14(2)16(20-17(25)11-22(3,4)12-18(20)26)10-19(27)24-9-6-7-15(13-24)21(23)28/h15H,5-13H2,1-4H3,(H2,23,28)/t15-/m1/s1. The maximum Gasteiger partial charge on any atom is 0.227 e. The van der Waals surface area contributed by atoms with E-state index in [0.717, 1.165) is 54.7 Å². The maximum absolute atomic E-state index is 13.0. The van der Waals surface area contributed by atoms with Crippen molar-refractivity contribution in [3.63, 3.8) is 0 Å². The summed E-state index contributed by atoms with van der Waals surface area (Å²) in [5.74, 6) is -0.457. The molecule has 1 aromatic rings. The fraction of sp³-hybridized carbons (Fsp3) is 0.682. The SMILES string of the molecule is CCCn1c(C)c(CC(=O)N2CCC[C@@H](C(N)=O)C2)c2c1CC(C)(C)CC2=O. The lowest BCUT2D eigenvalue weighted by molar-refractivity contribution is -0.134. The Morgan fingerprint density at radius 2 is 1.96 bits per heavy atom. The van der Waals surface area contributed by atoms with Crippen molar-refractivity contribution >= 4 is 17.6 Å². The largest absolute Gasteiger partial charge is 0.369 e. The van der Waals surface area contributed by atoms with Crippen molar-refractivity contribution < 1.29 is 14.4 Å². The molecule has 28 heavy (non-hydrogen) atoms. The molecule has 1 aromatic heterocycles. The van der Waals surface area contributed by atoms with Crippen LogP contribution in [0.3, 0.4) is 0 Å². The molecule has 2 N–H and O–H groups in total. The average Bonchev–Trinajstić information content (AvgIpc) is 2.86. The number of hydrogen-bond acceptors (Lipinski definition) is 3. The number of carbonyl (C=O) groups excluding carboxylic acids is 3. The van der Waals surface area contributed by atoms with E-state index in [2.05, 4.69) is 25.3 Å². The topological polar surface area (TPSA) is 85.4 Å². The highest BCUT2D eigenvalue weighted by molar-refractivity contribution is 6.01. The molecule has 0 radical (unpaired) electrons. The molecule has 3 rings (SSSR count). The van der Waals surface area contributed by atoms with Crippen LogP contribution in [-0.2, 0) is 29.0 Å². The molecule has 1 aliphatic heterocycles. The molecule has 1 fully saturated rings. The summed E-state index contributed by atoms with van der Waals surface area (Å²) in [5.41, 5.74) is 9.20. The van der Waals surface area contributed by atoms with Gasteiger partial charge in [-0.2, -0.15) is 0 Å². The minimum absolute atomic E-state index is 0.0110. The van der Waals surface area contributed by atoms with Gasteiger partial charge in [-0.05, 0) is 43.6 Å². The van der Waals surface area contributed by atoms with E-state index in [1.54, 1.807) is 4.90 Å². The van der Waals surface area contributed by atoms with E-state index >= 15 is 0 Å². The van der Waals surface area contributed by atoms with Crippen LogP contribution >= 0.6 is 0 Å². The monoisotopic (exact) mass is 387 g/mol. The van der Waals surface area contributed by atoms with E-state index in [1.807, 2.05) is 6.92 Å². The number of nitrogens with zero attached hydrogens (tertiary/aromatic N) is 2. The molecule has 2 amide bonds. The van der Waals surface area contributed by atoms with Crippen LogP contribution in [0.25, 0.3) is 0 Å². The number of primary amides is 1. The Balaban J connectivity index is 1.91. The average molecular weight is 388 g/mol. The van der Waals surface area contributed by atoms with Gasteiger partial charge < -0.3 is 15.2 Å². The first kappa shape index (κ1) is 20.6. The zero-order valence-electron chi connectivity index (χ0n) is 17.6. The Bertz CT molecular complexity index is 806. The molecule has 1 saturated heterocycles. The van der Waals surface area contributed by atoms with Crippen LogP contribution in [0.15, 0.2) is 0 Å². The highest BCUT2D eigenvalue weighted by Gasteiger charge is 2.37. The lowest BCUT2D eigenvalue weighted by Gasteiger charge is -2.32. The maximum atomic E-state index is 13.0. The lowest BCUT2D eigenvalue weighted by atomic mass is 9.75. The summed E-state index contributed by atoms with van der Waals surface area (Å²) < 4.78 is 2.25. The summed E-state index contributed by atoms with van der Waals surface area (Å²) in [6, 6.07) is 0. The lowest BCUT2D eigenvalue weighted by Crippen LogP contribution is -2.44. The van der Waals surface area contributed by atoms with Gasteiger partial charge in [0.25, 0.3) is 0 Å². The molecule has 6 heteroatoms. The van der Waals surface area contributed by atoms with E-state index in [0.29, 0.717) is 19.5 Å². The van der Waals surface area contributed by atoms with Gasteiger partial charge in [0.15, 0.2) is 5.78 Å². The Labute approximate surface area is 167 Å². The van der Waals surface area contributed by atoms with E-state index in [1.165, 1.54) is 0 Å². The summed E-state index contributed by atoms with van der Waals surface area (Å²) in [7, 11) is 0. The molecule has 154 valence electrons. The van der Waals surface area contributed by atoms with Gasteiger partial charge in [-0.25, -0.2) is 0 Å². The van der Waals surface area contributed by atoms with Crippen LogP contribution < -0.4 is 5.73 Å². The van der Waals surface area contributed by atoms with E-state index in [4.69, 9.17) is 5.73 Å². The predicted octanol–water partition coefficient (Wildman–Crippen LogP) is 2.63. The smallest absolute Gasteiger partial charge is 0.227 e. The van der Waals surface area contributed by atoms with Crippen molar-refractivity contribution in [1.82, 2.24) is 9.47 Å². The molecule has 0 aromatic carbocycles. The number of rotatable bonds is 5. The summed E-state index contributed by atoms with van der Waals surface area (Å²) >= 11 is 0. The van der Waals surface area contributed by atoms with Crippen molar-refractivity contribution in [3.8, 4) is 0 Å². The first-order valence-electron chi connectivity index (χ1n) is 10.5. The Morgan fingerprint density at radius 1 is 1.25 bits per heavy atom. The summed E-state index contributed by atoms with van der Waals surface area (Å²) in [6.07, 6.45) is 4.12. The third-order valence-corrected chi connectivity index (χ3v) is 6.27. The van der Waals surface area contributed by atoms with Crippen LogP contribution in [0.1, 0.15) is 73.8 Å². The summed E-state index contributed by atoms with van der Waals surface area (Å²) in [5, 5.41) is 0. The van der Waals surface area contributed by atoms with Crippen LogP contribution in [0.2, 0.25) is 0 Å². The molecule has 1 aliphatic carbocycles. The summed E-state index contributed by atoms with van der Waals surface area (Å²) in [6.45, 7) is 10.3. The predicted molar refractivity (Wildman–Crippen MR) is 108 cm³/mol. The van der Waals surface area contributed by atoms with Crippen molar-refractivity contribution in [2.24, 2.45) is 17.1 Å². The fourth-order valence-electron chi connectivity index (χ4n) is 4.85. The van der Waals surface area contributed by atoms with Gasteiger partial charge in [-0.3, -0.25) is 14.4 Å². The number of amides is 2. The Morgan fingerprint density at radius 3 is 2.61 bits per heavy atom. The molecule has 2 aliphatic rings. The van der Waals surface area contributed by atoms with Crippen LogP contribution in [0.4, 0.5) is 0 Å². The van der Waals surface area contributed by atoms with Gasteiger partial charge in [0.2, 0.25) is 11.8 Å². The van der Waals surface area contributed by atoms with Gasteiger partial charge in [-0.1, -0.05) is 20.8 Å². The number of fused-ring (bicyclic) bond motifs is 1. The van der Waals surface area contributed by atoms with Gasteiger partial charge in [0.1, 0.15) is 0 Å². The second-order valence-electron chi connectivity index (χ2n) is 9.24. The second-order valence-corrected chi connectivity index (χ2v) is 9.24. The quantitative estimate of drug-likeness (QED) is 0.843. The van der Waals surface area contributed by atoms with Gasteiger partial charge in [0.05, 0.1) is 12.3 Å². The minimum Gasteiger partial charge on any atom is -0.369 e. The van der Waals surface area contributed by atoms with Crippen molar-refractivity contribution in [3.05, 3.63) is 22.5 Å². The van der Waals surface area contributed by atoms with Gasteiger partial charge in [0, 0.05) is 43.0 Å². The number of aromatic nitrogens is 1. The number of hydrogen-bond donors (Lipinski definition) is 1. The number of likely N-dealkylation sites (tertiary alicyclic amines) is 1. The third kappa shape index (κ3) is 3.87. The van der Waals surface area contributed by atoms with E-state index in [9.17, 15) is 14.4 Å². The van der Waals surface area contributed by atoms with Crippen LogP contribution in [-0.4, -0.2) is 40.2 Å². The number of ketones is 1. The Kier molecular flexibility index (Phi) is 5.69. The molecule has 0 bridgehead atoms. The first-order chi connectivity index (χ1) is 13.1. The third-order valence-electron chi connectivity index (χ3n) is 6.27. The van der Waals surface area contributed by atoms with Gasteiger partial charge in [-0.15, -0.1) is 0 Å².